The number of anilines is 1. The molecule has 2 aromatic heterocycles. The zero-order valence-electron chi connectivity index (χ0n) is 15.0. The topological polar surface area (TPSA) is 62.6 Å². The Balaban J connectivity index is 1.57. The van der Waals surface area contributed by atoms with Gasteiger partial charge in [0.1, 0.15) is 0 Å². The molecule has 1 aliphatic rings. The molecule has 1 aromatic carbocycles. The number of nitrogens with zero attached hydrogens (tertiary/aromatic N) is 1. The number of hydrogen-bond donors (Lipinski definition) is 1. The summed E-state index contributed by atoms with van der Waals surface area (Å²) in [5.74, 6) is -0.0897. The highest BCUT2D eigenvalue weighted by atomic mass is 32.1. The van der Waals surface area contributed by atoms with Crippen molar-refractivity contribution in [3.63, 3.8) is 0 Å². The summed E-state index contributed by atoms with van der Waals surface area (Å²) < 4.78 is 5.14. The summed E-state index contributed by atoms with van der Waals surface area (Å²) in [5.41, 5.74) is 2.09. The molecule has 3 heterocycles. The van der Waals surface area contributed by atoms with Crippen molar-refractivity contribution in [1.29, 1.82) is 0 Å². The van der Waals surface area contributed by atoms with Crippen LogP contribution in [0.1, 0.15) is 50.2 Å². The molecule has 0 saturated carbocycles. The number of likely N-dealkylation sites (tertiary alicyclic amines) is 1. The van der Waals surface area contributed by atoms with Gasteiger partial charge in [0.2, 0.25) is 0 Å². The normalized spacial score (nSPS) is 16.5. The number of amides is 2. The smallest absolute Gasteiger partial charge is 0.291 e. The molecule has 1 fully saturated rings. The van der Waals surface area contributed by atoms with Crippen LogP contribution >= 0.6 is 11.3 Å². The van der Waals surface area contributed by atoms with Crippen LogP contribution in [0.5, 0.6) is 0 Å². The molecule has 5 nitrogen and oxygen atoms in total. The van der Waals surface area contributed by atoms with Crippen LogP contribution in [0.25, 0.3) is 0 Å². The van der Waals surface area contributed by atoms with Gasteiger partial charge >= 0.3 is 0 Å². The number of furan rings is 1. The SMILES string of the molecule is Cc1ccc(C(=O)N2CCC[C@@H]2c2cccs2)cc1NC(=O)c1ccco1. The second-order valence-electron chi connectivity index (χ2n) is 6.63. The van der Waals surface area contributed by atoms with Crippen molar-refractivity contribution in [3.8, 4) is 0 Å². The fourth-order valence-electron chi connectivity index (χ4n) is 3.43. The van der Waals surface area contributed by atoms with E-state index in [0.717, 1.165) is 24.9 Å². The number of aryl methyl sites for hydroxylation is 1. The van der Waals surface area contributed by atoms with Gasteiger partial charge in [-0.3, -0.25) is 9.59 Å². The van der Waals surface area contributed by atoms with Crippen molar-refractivity contribution >= 4 is 28.8 Å². The predicted molar refractivity (Wildman–Crippen MR) is 105 cm³/mol. The van der Waals surface area contributed by atoms with Gasteiger partial charge in [-0.25, -0.2) is 0 Å². The van der Waals surface area contributed by atoms with Crippen LogP contribution in [0, 0.1) is 6.92 Å². The second kappa shape index (κ2) is 7.40. The lowest BCUT2D eigenvalue weighted by Crippen LogP contribution is -2.30. The van der Waals surface area contributed by atoms with E-state index in [1.807, 2.05) is 35.4 Å². The number of benzene rings is 1. The monoisotopic (exact) mass is 380 g/mol. The first-order chi connectivity index (χ1) is 13.1. The lowest BCUT2D eigenvalue weighted by molar-refractivity contribution is 0.0737. The molecule has 0 radical (unpaired) electrons. The van der Waals surface area contributed by atoms with E-state index < -0.39 is 0 Å². The molecule has 0 spiro atoms. The Labute approximate surface area is 161 Å². The van der Waals surface area contributed by atoms with E-state index in [1.54, 1.807) is 29.5 Å². The van der Waals surface area contributed by atoms with Crippen LogP contribution in [-0.4, -0.2) is 23.3 Å². The third-order valence-corrected chi connectivity index (χ3v) is 5.84. The van der Waals surface area contributed by atoms with Crippen molar-refractivity contribution in [2.24, 2.45) is 0 Å². The number of carbonyl (C=O) groups is 2. The molecule has 0 bridgehead atoms. The third-order valence-electron chi connectivity index (χ3n) is 4.86. The van der Waals surface area contributed by atoms with E-state index in [2.05, 4.69) is 11.4 Å². The molecule has 4 rings (SSSR count). The van der Waals surface area contributed by atoms with E-state index >= 15 is 0 Å². The van der Waals surface area contributed by atoms with Crippen LogP contribution in [0.3, 0.4) is 0 Å². The number of hydrogen-bond acceptors (Lipinski definition) is 4. The first-order valence-corrected chi connectivity index (χ1v) is 9.81. The minimum absolute atomic E-state index is 0.000558. The van der Waals surface area contributed by atoms with E-state index in [9.17, 15) is 9.59 Å². The van der Waals surface area contributed by atoms with Crippen LogP contribution in [0.15, 0.2) is 58.5 Å². The summed E-state index contributed by atoms with van der Waals surface area (Å²) in [7, 11) is 0. The zero-order valence-corrected chi connectivity index (χ0v) is 15.8. The first kappa shape index (κ1) is 17.5. The summed E-state index contributed by atoms with van der Waals surface area (Å²) in [5, 5.41) is 4.88. The summed E-state index contributed by atoms with van der Waals surface area (Å²) >= 11 is 1.69. The molecule has 2 amide bonds. The largest absolute Gasteiger partial charge is 0.459 e. The maximum atomic E-state index is 13.1. The van der Waals surface area contributed by atoms with Gasteiger partial charge in [0, 0.05) is 22.7 Å². The number of carbonyl (C=O) groups excluding carboxylic acids is 2. The van der Waals surface area contributed by atoms with E-state index in [4.69, 9.17) is 4.42 Å². The number of thiophene rings is 1. The van der Waals surface area contributed by atoms with E-state index in [0.29, 0.717) is 11.3 Å². The van der Waals surface area contributed by atoms with Gasteiger partial charge in [-0.05, 0) is 61.0 Å². The second-order valence-corrected chi connectivity index (χ2v) is 7.61. The fraction of sp³-hybridized carbons (Fsp3) is 0.238. The fourth-order valence-corrected chi connectivity index (χ4v) is 4.31. The lowest BCUT2D eigenvalue weighted by atomic mass is 10.1. The highest BCUT2D eigenvalue weighted by Crippen LogP contribution is 2.35. The summed E-state index contributed by atoms with van der Waals surface area (Å²) in [6, 6.07) is 13.0. The van der Waals surface area contributed by atoms with E-state index in [1.165, 1.54) is 11.1 Å². The van der Waals surface area contributed by atoms with Crippen LogP contribution < -0.4 is 5.32 Å². The maximum absolute atomic E-state index is 13.1. The van der Waals surface area contributed by atoms with Crippen molar-refractivity contribution in [2.45, 2.75) is 25.8 Å². The van der Waals surface area contributed by atoms with Crippen LogP contribution in [0.2, 0.25) is 0 Å². The molecule has 1 atom stereocenters. The molecule has 27 heavy (non-hydrogen) atoms. The summed E-state index contributed by atoms with van der Waals surface area (Å²) in [6.07, 6.45) is 3.45. The average Bonchev–Trinajstić information content (AvgIpc) is 3.43. The quantitative estimate of drug-likeness (QED) is 0.702. The Morgan fingerprint density at radius 2 is 2.11 bits per heavy atom. The van der Waals surface area contributed by atoms with E-state index in [-0.39, 0.29) is 23.6 Å². The van der Waals surface area contributed by atoms with Gasteiger partial charge in [0.25, 0.3) is 11.8 Å². The Morgan fingerprint density at radius 3 is 2.85 bits per heavy atom. The van der Waals surface area contributed by atoms with Crippen molar-refractivity contribution in [1.82, 2.24) is 4.90 Å². The predicted octanol–water partition coefficient (Wildman–Crippen LogP) is 4.88. The van der Waals surface area contributed by atoms with Gasteiger partial charge < -0.3 is 14.6 Å². The van der Waals surface area contributed by atoms with Gasteiger partial charge in [0.15, 0.2) is 5.76 Å². The van der Waals surface area contributed by atoms with Crippen molar-refractivity contribution in [3.05, 3.63) is 75.9 Å². The highest BCUT2D eigenvalue weighted by molar-refractivity contribution is 7.10. The third kappa shape index (κ3) is 3.53. The Hall–Kier alpha value is -2.86. The van der Waals surface area contributed by atoms with Crippen LogP contribution in [-0.2, 0) is 0 Å². The molecular weight excluding hydrogens is 360 g/mol. The molecule has 1 saturated heterocycles. The molecule has 3 aromatic rings. The molecule has 0 aliphatic carbocycles. The summed E-state index contributed by atoms with van der Waals surface area (Å²) in [4.78, 5) is 28.6. The first-order valence-electron chi connectivity index (χ1n) is 8.93. The van der Waals surface area contributed by atoms with Gasteiger partial charge in [-0.1, -0.05) is 12.1 Å². The minimum Gasteiger partial charge on any atom is -0.459 e. The molecule has 0 unspecified atom stereocenters. The number of nitrogens with one attached hydrogen (secondary N) is 1. The van der Waals surface area contributed by atoms with Crippen molar-refractivity contribution < 1.29 is 14.0 Å². The van der Waals surface area contributed by atoms with Crippen molar-refractivity contribution in [2.75, 3.05) is 11.9 Å². The lowest BCUT2D eigenvalue weighted by Gasteiger charge is -2.24. The molecule has 6 heteroatoms. The zero-order chi connectivity index (χ0) is 18.8. The Morgan fingerprint density at radius 1 is 1.22 bits per heavy atom. The highest BCUT2D eigenvalue weighted by Gasteiger charge is 2.31. The Bertz CT molecular complexity index is 948. The standard InChI is InChI=1S/C21H20N2O3S/c1-14-8-9-15(13-16(14)22-20(24)18-6-3-11-26-18)21(25)23-10-2-5-17(23)19-7-4-12-27-19/h3-4,6-9,11-13,17H,2,5,10H2,1H3,(H,22,24)/t17-/m1/s1. The van der Waals surface area contributed by atoms with Crippen LogP contribution in [0.4, 0.5) is 5.69 Å². The molecule has 1 N–H and O–H groups in total. The maximum Gasteiger partial charge on any atom is 0.291 e. The number of rotatable bonds is 4. The molecular formula is C21H20N2O3S. The molecule has 138 valence electrons. The van der Waals surface area contributed by atoms with Gasteiger partial charge in [-0.15, -0.1) is 11.3 Å². The molecule has 1 aliphatic heterocycles. The van der Waals surface area contributed by atoms with Gasteiger partial charge in [0.05, 0.1) is 12.3 Å². The van der Waals surface area contributed by atoms with Gasteiger partial charge in [-0.2, -0.15) is 0 Å². The Kier molecular flexibility index (Phi) is 4.81. The minimum atomic E-state index is -0.328. The summed E-state index contributed by atoms with van der Waals surface area (Å²) in [6.45, 7) is 2.65. The average molecular weight is 380 g/mol.